The van der Waals surface area contributed by atoms with Gasteiger partial charge in [-0.1, -0.05) is 30.3 Å². The van der Waals surface area contributed by atoms with Gasteiger partial charge >= 0.3 is 12.1 Å². The number of aromatic nitrogens is 3. The minimum atomic E-state index is -1.25. The number of amides is 1. The Hall–Kier alpha value is -3.62. The van der Waals surface area contributed by atoms with Crippen LogP contribution in [0.25, 0.3) is 5.65 Å². The SMILES string of the molecule is O=C(Nc1cc(=O)[nH]c2cc(C(=O)O)nn12)OCc1ccccc1. The van der Waals surface area contributed by atoms with Crippen molar-refractivity contribution in [3.8, 4) is 0 Å². The Morgan fingerprint density at radius 3 is 2.71 bits per heavy atom. The number of fused-ring (bicyclic) bond motifs is 1. The Morgan fingerprint density at radius 1 is 1.25 bits per heavy atom. The smallest absolute Gasteiger partial charge is 0.413 e. The summed E-state index contributed by atoms with van der Waals surface area (Å²) in [4.78, 5) is 36.9. The van der Waals surface area contributed by atoms with Crippen LogP contribution in [0.15, 0.2) is 47.3 Å². The van der Waals surface area contributed by atoms with E-state index >= 15 is 0 Å². The summed E-state index contributed by atoms with van der Waals surface area (Å²) in [5, 5.41) is 15.1. The van der Waals surface area contributed by atoms with Crippen molar-refractivity contribution in [3.05, 3.63) is 64.1 Å². The van der Waals surface area contributed by atoms with Gasteiger partial charge in [0.15, 0.2) is 5.69 Å². The first-order valence-electron chi connectivity index (χ1n) is 6.87. The summed E-state index contributed by atoms with van der Waals surface area (Å²) in [6, 6.07) is 11.3. The van der Waals surface area contributed by atoms with Crippen LogP contribution in [-0.2, 0) is 11.3 Å². The highest BCUT2D eigenvalue weighted by molar-refractivity contribution is 5.87. The average Bonchev–Trinajstić information content (AvgIpc) is 2.98. The molecule has 0 saturated heterocycles. The molecule has 24 heavy (non-hydrogen) atoms. The topological polar surface area (TPSA) is 126 Å². The first-order chi connectivity index (χ1) is 11.5. The largest absolute Gasteiger partial charge is 0.476 e. The molecule has 1 amide bonds. The van der Waals surface area contributed by atoms with Crippen LogP contribution in [0.3, 0.4) is 0 Å². The second-order valence-corrected chi connectivity index (χ2v) is 4.84. The Labute approximate surface area is 134 Å². The highest BCUT2D eigenvalue weighted by atomic mass is 16.5. The highest BCUT2D eigenvalue weighted by Gasteiger charge is 2.14. The third-order valence-corrected chi connectivity index (χ3v) is 3.12. The molecule has 0 atom stereocenters. The number of benzene rings is 1. The molecule has 3 aromatic rings. The molecule has 3 N–H and O–H groups in total. The Balaban J connectivity index is 1.80. The molecule has 2 aromatic heterocycles. The van der Waals surface area contributed by atoms with E-state index in [1.54, 1.807) is 12.1 Å². The number of nitrogens with zero attached hydrogens (tertiary/aromatic N) is 2. The molecule has 9 nitrogen and oxygen atoms in total. The number of ether oxygens (including phenoxy) is 1. The van der Waals surface area contributed by atoms with Crippen molar-refractivity contribution in [1.82, 2.24) is 14.6 Å². The summed E-state index contributed by atoms with van der Waals surface area (Å²) >= 11 is 0. The lowest BCUT2D eigenvalue weighted by atomic mass is 10.2. The van der Waals surface area contributed by atoms with E-state index in [4.69, 9.17) is 9.84 Å². The number of aromatic amines is 1. The maximum absolute atomic E-state index is 11.9. The van der Waals surface area contributed by atoms with E-state index in [0.717, 1.165) is 16.1 Å². The number of H-pyrrole nitrogens is 1. The molecule has 0 bridgehead atoms. The van der Waals surface area contributed by atoms with Gasteiger partial charge in [-0.2, -0.15) is 9.61 Å². The van der Waals surface area contributed by atoms with Crippen molar-refractivity contribution in [2.24, 2.45) is 0 Å². The molecule has 3 rings (SSSR count). The molecular formula is C15H12N4O5. The van der Waals surface area contributed by atoms with Gasteiger partial charge < -0.3 is 14.8 Å². The minimum Gasteiger partial charge on any atom is -0.476 e. The lowest BCUT2D eigenvalue weighted by molar-refractivity contribution is 0.0690. The van der Waals surface area contributed by atoms with Crippen molar-refractivity contribution in [2.75, 3.05) is 5.32 Å². The third kappa shape index (κ3) is 3.24. The molecule has 0 unspecified atom stereocenters. The number of carbonyl (C=O) groups excluding carboxylic acids is 1. The van der Waals surface area contributed by atoms with Crippen LogP contribution in [0, 0.1) is 0 Å². The number of rotatable bonds is 4. The van der Waals surface area contributed by atoms with Gasteiger partial charge in [-0.3, -0.25) is 10.1 Å². The van der Waals surface area contributed by atoms with Crippen molar-refractivity contribution < 1.29 is 19.4 Å². The molecule has 9 heteroatoms. The molecule has 0 saturated carbocycles. The van der Waals surface area contributed by atoms with Gasteiger partial charge in [-0.25, -0.2) is 9.59 Å². The lowest BCUT2D eigenvalue weighted by Crippen LogP contribution is -2.19. The number of aromatic carboxylic acids is 1. The summed E-state index contributed by atoms with van der Waals surface area (Å²) in [7, 11) is 0. The van der Waals surface area contributed by atoms with Crippen LogP contribution in [-0.4, -0.2) is 31.8 Å². The summed E-state index contributed by atoms with van der Waals surface area (Å²) in [5.74, 6) is -1.25. The highest BCUT2D eigenvalue weighted by Crippen LogP contribution is 2.10. The molecule has 0 fully saturated rings. The van der Waals surface area contributed by atoms with Crippen molar-refractivity contribution in [1.29, 1.82) is 0 Å². The number of anilines is 1. The van der Waals surface area contributed by atoms with Gasteiger partial charge in [0.1, 0.15) is 18.1 Å². The average molecular weight is 328 g/mol. The van der Waals surface area contributed by atoms with Gasteiger partial charge in [0.25, 0.3) is 5.56 Å². The van der Waals surface area contributed by atoms with Crippen LogP contribution in [0.1, 0.15) is 16.1 Å². The predicted octanol–water partition coefficient (Wildman–Crippen LogP) is 1.47. The molecule has 1 aromatic carbocycles. The van der Waals surface area contributed by atoms with Crippen LogP contribution in [0.2, 0.25) is 0 Å². The van der Waals surface area contributed by atoms with E-state index < -0.39 is 17.6 Å². The lowest BCUT2D eigenvalue weighted by Gasteiger charge is -2.08. The van der Waals surface area contributed by atoms with Gasteiger partial charge in [0, 0.05) is 12.1 Å². The normalized spacial score (nSPS) is 10.5. The molecule has 122 valence electrons. The summed E-state index contributed by atoms with van der Waals surface area (Å²) in [6.07, 6.45) is -0.793. The Bertz CT molecular complexity index is 961. The molecule has 0 spiro atoms. The van der Waals surface area contributed by atoms with Crippen molar-refractivity contribution in [2.45, 2.75) is 6.61 Å². The van der Waals surface area contributed by atoms with Crippen molar-refractivity contribution >= 4 is 23.5 Å². The zero-order valence-corrected chi connectivity index (χ0v) is 12.2. The first-order valence-corrected chi connectivity index (χ1v) is 6.87. The number of hydrogen-bond donors (Lipinski definition) is 3. The second kappa shape index (κ2) is 6.24. The fourth-order valence-electron chi connectivity index (χ4n) is 2.06. The maximum Gasteiger partial charge on any atom is 0.413 e. The van der Waals surface area contributed by atoms with E-state index in [2.05, 4.69) is 15.4 Å². The van der Waals surface area contributed by atoms with Crippen LogP contribution < -0.4 is 10.9 Å². The Kier molecular flexibility index (Phi) is 3.98. The molecule has 2 heterocycles. The quantitative estimate of drug-likeness (QED) is 0.666. The van der Waals surface area contributed by atoms with E-state index in [1.807, 2.05) is 18.2 Å². The molecule has 0 radical (unpaired) electrons. The van der Waals surface area contributed by atoms with E-state index in [-0.39, 0.29) is 23.8 Å². The molecular weight excluding hydrogens is 316 g/mol. The zero-order chi connectivity index (χ0) is 17.1. The van der Waals surface area contributed by atoms with E-state index in [1.165, 1.54) is 6.07 Å². The van der Waals surface area contributed by atoms with Crippen molar-refractivity contribution in [3.63, 3.8) is 0 Å². The summed E-state index contributed by atoms with van der Waals surface area (Å²) < 4.78 is 6.16. The summed E-state index contributed by atoms with van der Waals surface area (Å²) in [5.41, 5.74) is 0.157. The van der Waals surface area contributed by atoms with Crippen LogP contribution >= 0.6 is 0 Å². The summed E-state index contributed by atoms with van der Waals surface area (Å²) in [6.45, 7) is 0.0541. The van der Waals surface area contributed by atoms with Crippen LogP contribution in [0.4, 0.5) is 10.6 Å². The van der Waals surface area contributed by atoms with Gasteiger partial charge in [-0.05, 0) is 5.56 Å². The number of carboxylic acid groups (broad SMARTS) is 1. The molecule has 0 aliphatic carbocycles. The Morgan fingerprint density at radius 2 is 2.00 bits per heavy atom. The monoisotopic (exact) mass is 328 g/mol. The van der Waals surface area contributed by atoms with E-state index in [0.29, 0.717) is 0 Å². The molecule has 0 aliphatic heterocycles. The number of hydrogen-bond acceptors (Lipinski definition) is 5. The third-order valence-electron chi connectivity index (χ3n) is 3.12. The fourth-order valence-corrected chi connectivity index (χ4v) is 2.06. The van der Waals surface area contributed by atoms with Gasteiger partial charge in [0.05, 0.1) is 0 Å². The maximum atomic E-state index is 11.9. The number of carboxylic acids is 1. The van der Waals surface area contributed by atoms with E-state index in [9.17, 15) is 14.4 Å². The molecule has 0 aliphatic rings. The van der Waals surface area contributed by atoms with Crippen LogP contribution in [0.5, 0.6) is 0 Å². The van der Waals surface area contributed by atoms with Gasteiger partial charge in [0.2, 0.25) is 0 Å². The van der Waals surface area contributed by atoms with Gasteiger partial charge in [-0.15, -0.1) is 0 Å². The zero-order valence-electron chi connectivity index (χ0n) is 12.2. The predicted molar refractivity (Wildman–Crippen MR) is 83.0 cm³/mol. The minimum absolute atomic E-state index is 0.000637. The first kappa shape index (κ1) is 15.3. The standard InChI is InChI=1S/C15H12N4O5/c20-13-7-12(19-11(16-13)6-10(18-19)14(21)22)17-15(23)24-8-9-4-2-1-3-5-9/h1-7H,8H2,(H,16,20)(H,17,23)(H,21,22). The number of nitrogens with one attached hydrogen (secondary N) is 2. The fraction of sp³-hybridized carbons (Fsp3) is 0.0667. The second-order valence-electron chi connectivity index (χ2n) is 4.84. The number of carbonyl (C=O) groups is 2.